The average molecular weight is 396 g/mol. The molecular weight excluding hydrogens is 366 g/mol. The number of aryl methyl sites for hydroxylation is 1. The van der Waals surface area contributed by atoms with Gasteiger partial charge in [-0.05, 0) is 50.4 Å². The van der Waals surface area contributed by atoms with Gasteiger partial charge in [0.2, 0.25) is 10.0 Å². The number of oxazole rings is 1. The van der Waals surface area contributed by atoms with Crippen LogP contribution in [0.2, 0.25) is 0 Å². The van der Waals surface area contributed by atoms with Crippen LogP contribution in [0.1, 0.15) is 39.5 Å². The van der Waals surface area contributed by atoms with Crippen molar-refractivity contribution in [1.82, 2.24) is 14.2 Å². The summed E-state index contributed by atoms with van der Waals surface area (Å²) in [5, 5.41) is 0. The lowest BCUT2D eigenvalue weighted by Gasteiger charge is -2.35. The van der Waals surface area contributed by atoms with E-state index in [0.29, 0.717) is 18.0 Å². The van der Waals surface area contributed by atoms with Crippen LogP contribution in [0.15, 0.2) is 32.3 Å². The van der Waals surface area contributed by atoms with Gasteiger partial charge in [-0.1, -0.05) is 20.3 Å². The number of sulfonamides is 1. The highest BCUT2D eigenvalue weighted by Gasteiger charge is 2.24. The highest BCUT2D eigenvalue weighted by molar-refractivity contribution is 7.89. The number of fused-ring (bicyclic) bond motifs is 1. The van der Waals surface area contributed by atoms with E-state index in [2.05, 4.69) is 23.5 Å². The van der Waals surface area contributed by atoms with Crippen LogP contribution in [-0.2, 0) is 17.1 Å². The van der Waals surface area contributed by atoms with E-state index in [4.69, 9.17) is 4.42 Å². The monoisotopic (exact) mass is 395 g/mol. The number of nitrogens with one attached hydrogen (secondary N) is 1. The Morgan fingerprint density at radius 1 is 1.19 bits per heavy atom. The van der Waals surface area contributed by atoms with E-state index in [-0.39, 0.29) is 16.5 Å². The maximum Gasteiger partial charge on any atom is 0.419 e. The maximum absolute atomic E-state index is 12.8. The molecule has 0 amide bonds. The summed E-state index contributed by atoms with van der Waals surface area (Å²) in [6.45, 7) is 6.77. The molecule has 0 saturated carbocycles. The smallest absolute Gasteiger partial charge is 0.408 e. The second-order valence-electron chi connectivity index (χ2n) is 7.79. The molecule has 1 aliphatic heterocycles. The van der Waals surface area contributed by atoms with Crippen LogP contribution in [0.5, 0.6) is 0 Å². The summed E-state index contributed by atoms with van der Waals surface area (Å²) in [6, 6.07) is 4.72. The van der Waals surface area contributed by atoms with E-state index in [0.717, 1.165) is 19.5 Å². The van der Waals surface area contributed by atoms with Crippen molar-refractivity contribution in [2.75, 3.05) is 19.6 Å². The van der Waals surface area contributed by atoms with Gasteiger partial charge in [0.25, 0.3) is 0 Å². The number of aromatic nitrogens is 1. The Bertz CT molecular complexity index is 940. The molecule has 0 radical (unpaired) electrons. The summed E-state index contributed by atoms with van der Waals surface area (Å²) in [5.41, 5.74) is 0.852. The Labute approximate surface area is 160 Å². The lowest BCUT2D eigenvalue weighted by Crippen LogP contribution is -2.46. The molecule has 1 aromatic carbocycles. The minimum atomic E-state index is -3.67. The van der Waals surface area contributed by atoms with Crippen molar-refractivity contribution >= 4 is 21.1 Å². The molecule has 7 nitrogen and oxygen atoms in total. The van der Waals surface area contributed by atoms with Crippen molar-refractivity contribution in [2.24, 2.45) is 13.0 Å². The molecule has 1 unspecified atom stereocenters. The van der Waals surface area contributed by atoms with E-state index >= 15 is 0 Å². The number of rotatable bonds is 7. The molecule has 1 aromatic heterocycles. The maximum atomic E-state index is 12.8. The van der Waals surface area contributed by atoms with Gasteiger partial charge in [-0.3, -0.25) is 9.47 Å². The topological polar surface area (TPSA) is 84.5 Å². The Morgan fingerprint density at radius 3 is 2.56 bits per heavy atom. The van der Waals surface area contributed by atoms with E-state index in [1.54, 1.807) is 13.1 Å². The highest BCUT2D eigenvalue weighted by Crippen LogP contribution is 2.20. The fourth-order valence-electron chi connectivity index (χ4n) is 3.76. The van der Waals surface area contributed by atoms with Crippen molar-refractivity contribution < 1.29 is 12.8 Å². The number of nitrogens with zero attached hydrogens (tertiary/aromatic N) is 2. The molecular formula is C19H29N3O4S. The molecule has 0 bridgehead atoms. The predicted octanol–water partition coefficient (Wildman–Crippen LogP) is 2.31. The number of piperidine rings is 1. The first-order valence-electron chi connectivity index (χ1n) is 9.61. The summed E-state index contributed by atoms with van der Waals surface area (Å²) in [4.78, 5) is 14.1. The second-order valence-corrected chi connectivity index (χ2v) is 9.56. The van der Waals surface area contributed by atoms with Gasteiger partial charge in [0.1, 0.15) is 0 Å². The van der Waals surface area contributed by atoms with Crippen LogP contribution < -0.4 is 10.5 Å². The fraction of sp³-hybridized carbons (Fsp3) is 0.632. The number of benzene rings is 1. The van der Waals surface area contributed by atoms with Crippen molar-refractivity contribution in [3.63, 3.8) is 0 Å². The van der Waals surface area contributed by atoms with E-state index in [1.807, 2.05) is 0 Å². The summed E-state index contributed by atoms with van der Waals surface area (Å²) >= 11 is 0. The zero-order valence-corrected chi connectivity index (χ0v) is 17.1. The molecule has 27 heavy (non-hydrogen) atoms. The lowest BCUT2D eigenvalue weighted by molar-refractivity contribution is 0.146. The van der Waals surface area contributed by atoms with Crippen molar-refractivity contribution in [2.45, 2.75) is 50.5 Å². The first kappa shape index (κ1) is 20.1. The highest BCUT2D eigenvalue weighted by atomic mass is 32.2. The SMILES string of the molecule is CC(C)CC(CNS(=O)(=O)c1ccc2c(c1)oc(=O)n2C)N1CCCCC1. The first-order chi connectivity index (χ1) is 12.8. The quantitative estimate of drug-likeness (QED) is 0.778. The number of likely N-dealkylation sites (tertiary alicyclic amines) is 1. The summed E-state index contributed by atoms with van der Waals surface area (Å²) < 4.78 is 34.8. The van der Waals surface area contributed by atoms with Crippen LogP contribution in [0, 0.1) is 5.92 Å². The average Bonchev–Trinajstić information content (AvgIpc) is 2.93. The van der Waals surface area contributed by atoms with Gasteiger partial charge < -0.3 is 4.42 Å². The lowest BCUT2D eigenvalue weighted by atomic mass is 10.00. The normalized spacial score (nSPS) is 17.6. The first-order valence-corrected chi connectivity index (χ1v) is 11.1. The van der Waals surface area contributed by atoms with Gasteiger partial charge in [0.05, 0.1) is 10.4 Å². The molecule has 1 atom stereocenters. The van der Waals surface area contributed by atoms with Crippen LogP contribution in [0.3, 0.4) is 0 Å². The zero-order valence-electron chi connectivity index (χ0n) is 16.3. The van der Waals surface area contributed by atoms with E-state index in [1.165, 1.54) is 36.0 Å². The molecule has 0 spiro atoms. The third-order valence-corrected chi connectivity index (χ3v) is 6.65. The molecule has 1 fully saturated rings. The van der Waals surface area contributed by atoms with Gasteiger partial charge in [-0.25, -0.2) is 17.9 Å². The molecule has 2 heterocycles. The minimum Gasteiger partial charge on any atom is -0.408 e. The summed E-state index contributed by atoms with van der Waals surface area (Å²) in [6.07, 6.45) is 4.55. The van der Waals surface area contributed by atoms with Gasteiger partial charge in [-0.15, -0.1) is 0 Å². The molecule has 2 aromatic rings. The van der Waals surface area contributed by atoms with Crippen molar-refractivity contribution in [3.05, 3.63) is 28.7 Å². The van der Waals surface area contributed by atoms with Gasteiger partial charge in [-0.2, -0.15) is 0 Å². The number of hydrogen-bond donors (Lipinski definition) is 1. The molecule has 1 saturated heterocycles. The van der Waals surface area contributed by atoms with Crippen LogP contribution in [-0.4, -0.2) is 43.6 Å². The largest absolute Gasteiger partial charge is 0.419 e. The van der Waals surface area contributed by atoms with Crippen LogP contribution in [0.25, 0.3) is 11.1 Å². The Kier molecular flexibility index (Phi) is 6.08. The summed E-state index contributed by atoms with van der Waals surface area (Å²) in [7, 11) is -2.08. The second kappa shape index (κ2) is 8.16. The standard InChI is InChI=1S/C19H29N3O4S/c1-14(2)11-15(22-9-5-4-6-10-22)13-20-27(24,25)16-7-8-17-18(12-16)26-19(23)21(17)3/h7-8,12,14-15,20H,4-6,9-11,13H2,1-3H3. The third kappa shape index (κ3) is 4.62. The van der Waals surface area contributed by atoms with Gasteiger partial charge >= 0.3 is 5.76 Å². The Balaban J connectivity index is 1.76. The summed E-state index contributed by atoms with van der Waals surface area (Å²) in [5.74, 6) is -0.00835. The molecule has 0 aliphatic carbocycles. The zero-order chi connectivity index (χ0) is 19.6. The number of hydrogen-bond acceptors (Lipinski definition) is 5. The molecule has 1 aliphatic rings. The fourth-order valence-corrected chi connectivity index (χ4v) is 4.85. The molecule has 150 valence electrons. The van der Waals surface area contributed by atoms with Crippen molar-refractivity contribution in [3.8, 4) is 0 Å². The Hall–Kier alpha value is -1.64. The van der Waals surface area contributed by atoms with Gasteiger partial charge in [0.15, 0.2) is 5.58 Å². The third-order valence-electron chi connectivity index (χ3n) is 5.23. The molecule has 3 rings (SSSR count). The predicted molar refractivity (Wildman–Crippen MR) is 105 cm³/mol. The van der Waals surface area contributed by atoms with Gasteiger partial charge in [0, 0.05) is 25.7 Å². The Morgan fingerprint density at radius 2 is 1.89 bits per heavy atom. The molecule has 1 N–H and O–H groups in total. The van der Waals surface area contributed by atoms with Crippen LogP contribution >= 0.6 is 0 Å². The van der Waals surface area contributed by atoms with E-state index in [9.17, 15) is 13.2 Å². The minimum absolute atomic E-state index is 0.117. The van der Waals surface area contributed by atoms with E-state index < -0.39 is 15.8 Å². The van der Waals surface area contributed by atoms with Crippen LogP contribution in [0.4, 0.5) is 0 Å². The van der Waals surface area contributed by atoms with Crippen molar-refractivity contribution in [1.29, 1.82) is 0 Å². The molecule has 8 heteroatoms.